The van der Waals surface area contributed by atoms with Gasteiger partial charge >= 0.3 is 0 Å². The monoisotopic (exact) mass is 308 g/mol. The quantitative estimate of drug-likeness (QED) is 0.910. The standard InChI is InChI=1S/C14H20N4O2S/c1-10-9-13(15)18(16-10)12-7-5-11(6-8-12)17-21(19,20)14(2,3)4/h5-9,17H,15H2,1-4H3. The topological polar surface area (TPSA) is 90.0 Å². The Hall–Kier alpha value is -2.02. The van der Waals surface area contributed by atoms with E-state index in [0.29, 0.717) is 11.5 Å². The van der Waals surface area contributed by atoms with E-state index in [1.165, 1.54) is 0 Å². The molecular weight excluding hydrogens is 288 g/mol. The Morgan fingerprint density at radius 3 is 2.19 bits per heavy atom. The fraction of sp³-hybridized carbons (Fsp3) is 0.357. The molecule has 1 heterocycles. The van der Waals surface area contributed by atoms with Gasteiger partial charge in [0.15, 0.2) is 0 Å². The van der Waals surface area contributed by atoms with Gasteiger partial charge in [0.25, 0.3) is 0 Å². The van der Waals surface area contributed by atoms with E-state index in [-0.39, 0.29) is 0 Å². The van der Waals surface area contributed by atoms with Gasteiger partial charge in [-0.2, -0.15) is 5.10 Å². The molecule has 0 saturated carbocycles. The van der Waals surface area contributed by atoms with Crippen LogP contribution in [0.15, 0.2) is 30.3 Å². The van der Waals surface area contributed by atoms with Crippen molar-refractivity contribution in [1.29, 1.82) is 0 Å². The second-order valence-corrected chi connectivity index (χ2v) is 8.32. The number of nitrogens with two attached hydrogens (primary N) is 1. The summed E-state index contributed by atoms with van der Waals surface area (Å²) in [7, 11) is -3.43. The van der Waals surface area contributed by atoms with Crippen LogP contribution in [0.2, 0.25) is 0 Å². The van der Waals surface area contributed by atoms with Crippen molar-refractivity contribution < 1.29 is 8.42 Å². The highest BCUT2D eigenvalue weighted by Crippen LogP contribution is 2.21. The molecule has 0 aliphatic rings. The average molecular weight is 308 g/mol. The van der Waals surface area contributed by atoms with Crippen LogP contribution in [-0.4, -0.2) is 22.9 Å². The number of aromatic nitrogens is 2. The summed E-state index contributed by atoms with van der Waals surface area (Å²) in [6, 6.07) is 8.69. The van der Waals surface area contributed by atoms with Crippen LogP contribution in [0.3, 0.4) is 0 Å². The average Bonchev–Trinajstić information content (AvgIpc) is 2.67. The zero-order valence-electron chi connectivity index (χ0n) is 12.6. The zero-order chi connectivity index (χ0) is 15.8. The van der Waals surface area contributed by atoms with E-state index >= 15 is 0 Å². The molecule has 0 saturated heterocycles. The van der Waals surface area contributed by atoms with Crippen molar-refractivity contribution in [1.82, 2.24) is 9.78 Å². The van der Waals surface area contributed by atoms with Gasteiger partial charge in [0, 0.05) is 11.8 Å². The second kappa shape index (κ2) is 5.07. The number of rotatable bonds is 3. The predicted molar refractivity (Wildman–Crippen MR) is 85.0 cm³/mol. The Balaban J connectivity index is 2.26. The highest BCUT2D eigenvalue weighted by Gasteiger charge is 2.28. The molecule has 7 heteroatoms. The molecule has 1 aromatic carbocycles. The number of hydrogen-bond donors (Lipinski definition) is 2. The lowest BCUT2D eigenvalue weighted by molar-refractivity contribution is 0.566. The lowest BCUT2D eigenvalue weighted by Gasteiger charge is -2.20. The van der Waals surface area contributed by atoms with Gasteiger partial charge in [-0.3, -0.25) is 4.72 Å². The summed E-state index contributed by atoms with van der Waals surface area (Å²) in [4.78, 5) is 0. The molecule has 0 bridgehead atoms. The van der Waals surface area contributed by atoms with E-state index in [2.05, 4.69) is 9.82 Å². The second-order valence-electron chi connectivity index (χ2n) is 5.89. The maximum Gasteiger partial charge on any atom is 0.237 e. The minimum Gasteiger partial charge on any atom is -0.384 e. The third kappa shape index (κ3) is 3.18. The van der Waals surface area contributed by atoms with Crippen LogP contribution in [0.25, 0.3) is 5.69 Å². The number of nitrogens with one attached hydrogen (secondary N) is 1. The van der Waals surface area contributed by atoms with Crippen molar-refractivity contribution >= 4 is 21.5 Å². The van der Waals surface area contributed by atoms with Crippen molar-refractivity contribution in [3.63, 3.8) is 0 Å². The molecule has 0 amide bonds. The molecule has 0 atom stereocenters. The smallest absolute Gasteiger partial charge is 0.237 e. The van der Waals surface area contributed by atoms with Gasteiger partial charge in [0.2, 0.25) is 10.0 Å². The molecule has 2 aromatic rings. The van der Waals surface area contributed by atoms with Gasteiger partial charge in [-0.25, -0.2) is 13.1 Å². The van der Waals surface area contributed by atoms with E-state index < -0.39 is 14.8 Å². The highest BCUT2D eigenvalue weighted by atomic mass is 32.2. The molecule has 0 aliphatic heterocycles. The Bertz CT molecular complexity index is 740. The Kier molecular flexibility index (Phi) is 3.71. The first-order valence-electron chi connectivity index (χ1n) is 6.55. The Morgan fingerprint density at radius 2 is 1.76 bits per heavy atom. The summed E-state index contributed by atoms with van der Waals surface area (Å²) in [5.41, 5.74) is 7.97. The highest BCUT2D eigenvalue weighted by molar-refractivity contribution is 7.94. The van der Waals surface area contributed by atoms with Crippen LogP contribution in [-0.2, 0) is 10.0 Å². The largest absolute Gasteiger partial charge is 0.384 e. The van der Waals surface area contributed by atoms with Crippen LogP contribution in [0.1, 0.15) is 26.5 Å². The van der Waals surface area contributed by atoms with Crippen LogP contribution in [0.4, 0.5) is 11.5 Å². The summed E-state index contributed by atoms with van der Waals surface area (Å²) in [6.45, 7) is 6.81. The van der Waals surface area contributed by atoms with Crippen LogP contribution >= 0.6 is 0 Å². The minimum absolute atomic E-state index is 0.510. The lowest BCUT2D eigenvalue weighted by Crippen LogP contribution is -2.33. The molecule has 0 spiro atoms. The predicted octanol–water partition coefficient (Wildman–Crippen LogP) is 2.30. The van der Waals surface area contributed by atoms with Gasteiger partial charge in [-0.1, -0.05) is 0 Å². The molecule has 0 radical (unpaired) electrons. The number of nitrogens with zero attached hydrogens (tertiary/aromatic N) is 2. The van der Waals surface area contributed by atoms with Crippen molar-refractivity contribution in [3.05, 3.63) is 36.0 Å². The molecule has 0 unspecified atom stereocenters. The van der Waals surface area contributed by atoms with Crippen molar-refractivity contribution in [2.45, 2.75) is 32.4 Å². The molecule has 21 heavy (non-hydrogen) atoms. The van der Waals surface area contributed by atoms with Crippen LogP contribution in [0.5, 0.6) is 0 Å². The molecule has 0 fully saturated rings. The molecule has 6 nitrogen and oxygen atoms in total. The molecule has 0 aliphatic carbocycles. The number of benzene rings is 1. The molecule has 3 N–H and O–H groups in total. The van der Waals surface area contributed by atoms with Crippen molar-refractivity contribution in [2.24, 2.45) is 0 Å². The summed E-state index contributed by atoms with van der Waals surface area (Å²) in [5, 5.41) is 4.28. The molecule has 1 aromatic heterocycles. The zero-order valence-corrected chi connectivity index (χ0v) is 13.4. The number of sulfonamides is 1. The van der Waals surface area contributed by atoms with Crippen molar-refractivity contribution in [2.75, 3.05) is 10.5 Å². The van der Waals surface area contributed by atoms with Crippen molar-refractivity contribution in [3.8, 4) is 5.69 Å². The van der Waals surface area contributed by atoms with Crippen LogP contribution < -0.4 is 10.5 Å². The van der Waals surface area contributed by atoms with E-state index in [9.17, 15) is 8.42 Å². The Labute approximate surface area is 125 Å². The number of nitrogen functional groups attached to an aromatic ring is 1. The first kappa shape index (κ1) is 15.4. The van der Waals surface area contributed by atoms with Gasteiger partial charge in [0.05, 0.1) is 16.1 Å². The summed E-state index contributed by atoms with van der Waals surface area (Å²) in [6.07, 6.45) is 0. The van der Waals surface area contributed by atoms with E-state index in [4.69, 9.17) is 5.73 Å². The number of aryl methyl sites for hydroxylation is 1. The van der Waals surface area contributed by atoms with Gasteiger partial charge < -0.3 is 5.73 Å². The van der Waals surface area contributed by atoms with E-state index in [1.54, 1.807) is 55.8 Å². The maximum atomic E-state index is 12.1. The first-order chi connectivity index (χ1) is 9.60. The van der Waals surface area contributed by atoms with Crippen LogP contribution in [0, 0.1) is 6.92 Å². The summed E-state index contributed by atoms with van der Waals surface area (Å²) < 4.78 is 27.5. The third-order valence-corrected chi connectivity index (χ3v) is 5.15. The normalized spacial score (nSPS) is 12.4. The molecule has 114 valence electrons. The third-order valence-electron chi connectivity index (χ3n) is 3.03. The lowest BCUT2D eigenvalue weighted by atomic mass is 10.3. The molecule has 2 rings (SSSR count). The fourth-order valence-electron chi connectivity index (χ4n) is 1.71. The number of anilines is 2. The van der Waals surface area contributed by atoms with E-state index in [1.807, 2.05) is 6.92 Å². The van der Waals surface area contributed by atoms with Gasteiger partial charge in [-0.15, -0.1) is 0 Å². The molecular formula is C14H20N4O2S. The Morgan fingerprint density at radius 1 is 1.19 bits per heavy atom. The fourth-order valence-corrected chi connectivity index (χ4v) is 2.46. The minimum atomic E-state index is -3.43. The van der Waals surface area contributed by atoms with Gasteiger partial charge in [0.1, 0.15) is 5.82 Å². The van der Waals surface area contributed by atoms with Gasteiger partial charge in [-0.05, 0) is 52.0 Å². The summed E-state index contributed by atoms with van der Waals surface area (Å²) >= 11 is 0. The number of hydrogen-bond acceptors (Lipinski definition) is 4. The first-order valence-corrected chi connectivity index (χ1v) is 8.03. The van der Waals surface area contributed by atoms with E-state index in [0.717, 1.165) is 11.4 Å². The SMILES string of the molecule is Cc1cc(N)n(-c2ccc(NS(=O)(=O)C(C)(C)C)cc2)n1. The maximum absolute atomic E-state index is 12.1. The summed E-state index contributed by atoms with van der Waals surface area (Å²) in [5.74, 6) is 0.538.